The van der Waals surface area contributed by atoms with Crippen LogP contribution in [0.4, 0.5) is 23.0 Å². The van der Waals surface area contributed by atoms with Gasteiger partial charge in [0.15, 0.2) is 0 Å². The number of anilines is 3. The van der Waals surface area contributed by atoms with Crippen LogP contribution in [0.5, 0.6) is 0 Å². The summed E-state index contributed by atoms with van der Waals surface area (Å²) in [6.07, 6.45) is 1.29. The molecule has 0 amide bonds. The van der Waals surface area contributed by atoms with Crippen molar-refractivity contribution >= 4 is 34.6 Å². The number of nitro groups is 1. The second-order valence-corrected chi connectivity index (χ2v) is 6.47. The van der Waals surface area contributed by atoms with Gasteiger partial charge in [0.25, 0.3) is 0 Å². The van der Waals surface area contributed by atoms with Crippen LogP contribution in [-0.4, -0.2) is 14.9 Å². The maximum Gasteiger partial charge on any atom is 0.353 e. The van der Waals surface area contributed by atoms with E-state index in [-0.39, 0.29) is 17.3 Å². The molecule has 1 heterocycles. The quantitative estimate of drug-likeness (QED) is 0.459. The van der Waals surface area contributed by atoms with Crippen LogP contribution in [0.3, 0.4) is 0 Å². The van der Waals surface area contributed by atoms with Crippen LogP contribution in [0.2, 0.25) is 5.02 Å². The number of rotatable bonds is 6. The summed E-state index contributed by atoms with van der Waals surface area (Å²) < 4.78 is 0. The van der Waals surface area contributed by atoms with E-state index in [2.05, 4.69) is 20.6 Å². The number of halogens is 1. The molecule has 0 aliphatic carbocycles. The summed E-state index contributed by atoms with van der Waals surface area (Å²) in [6, 6.07) is 13.1. The largest absolute Gasteiger partial charge is 0.360 e. The van der Waals surface area contributed by atoms with Crippen molar-refractivity contribution in [1.29, 1.82) is 0 Å². The van der Waals surface area contributed by atoms with Gasteiger partial charge < -0.3 is 10.6 Å². The van der Waals surface area contributed by atoms with Gasteiger partial charge in [0, 0.05) is 17.3 Å². The Bertz CT molecular complexity index is 994. The third-order valence-electron chi connectivity index (χ3n) is 4.06. The molecule has 1 aromatic heterocycles. The Labute approximate surface area is 161 Å². The van der Waals surface area contributed by atoms with Crippen LogP contribution in [0, 0.1) is 24.0 Å². The highest BCUT2D eigenvalue weighted by atomic mass is 35.5. The van der Waals surface area contributed by atoms with Gasteiger partial charge in [-0.3, -0.25) is 10.1 Å². The molecule has 0 radical (unpaired) electrons. The lowest BCUT2D eigenvalue weighted by Crippen LogP contribution is -2.08. The fourth-order valence-corrected chi connectivity index (χ4v) is 2.79. The van der Waals surface area contributed by atoms with Crippen molar-refractivity contribution < 1.29 is 4.92 Å². The Morgan fingerprint density at radius 3 is 2.59 bits per heavy atom. The smallest absolute Gasteiger partial charge is 0.353 e. The first-order valence-corrected chi connectivity index (χ1v) is 8.64. The number of nitrogens with zero attached hydrogens (tertiary/aromatic N) is 3. The fraction of sp³-hybridized carbons (Fsp3) is 0.158. The van der Waals surface area contributed by atoms with E-state index in [1.165, 1.54) is 6.33 Å². The third kappa shape index (κ3) is 4.32. The SMILES string of the molecule is Cc1ccc(C)c(Nc2ncnc(NCc3ccccc3Cl)c2[N+](=O)[O-])c1. The lowest BCUT2D eigenvalue weighted by atomic mass is 10.1. The molecule has 138 valence electrons. The summed E-state index contributed by atoms with van der Waals surface area (Å²) in [6.45, 7) is 4.18. The highest BCUT2D eigenvalue weighted by Crippen LogP contribution is 2.32. The molecule has 3 rings (SSSR count). The molecule has 7 nitrogen and oxygen atoms in total. The van der Waals surface area contributed by atoms with Crippen LogP contribution < -0.4 is 10.6 Å². The van der Waals surface area contributed by atoms with Gasteiger partial charge in [0.2, 0.25) is 11.6 Å². The summed E-state index contributed by atoms with van der Waals surface area (Å²) in [7, 11) is 0. The van der Waals surface area contributed by atoms with E-state index in [1.807, 2.05) is 50.2 Å². The zero-order chi connectivity index (χ0) is 19.4. The lowest BCUT2D eigenvalue weighted by Gasteiger charge is -2.12. The summed E-state index contributed by atoms with van der Waals surface area (Å²) >= 11 is 6.14. The number of benzene rings is 2. The maximum absolute atomic E-state index is 11.7. The molecule has 0 atom stereocenters. The van der Waals surface area contributed by atoms with Crippen LogP contribution >= 0.6 is 11.6 Å². The molecule has 2 aromatic carbocycles. The van der Waals surface area contributed by atoms with E-state index in [0.717, 1.165) is 22.4 Å². The predicted octanol–water partition coefficient (Wildman–Crippen LogP) is 5.01. The number of aromatic nitrogens is 2. The topological polar surface area (TPSA) is 93.0 Å². The molecule has 8 heteroatoms. The second-order valence-electron chi connectivity index (χ2n) is 6.06. The van der Waals surface area contributed by atoms with Gasteiger partial charge in [-0.2, -0.15) is 0 Å². The summed E-state index contributed by atoms with van der Waals surface area (Å²) in [4.78, 5) is 19.3. The third-order valence-corrected chi connectivity index (χ3v) is 4.42. The molecule has 27 heavy (non-hydrogen) atoms. The van der Waals surface area contributed by atoms with Gasteiger partial charge in [0.05, 0.1) is 4.92 Å². The van der Waals surface area contributed by atoms with Crippen molar-refractivity contribution in [1.82, 2.24) is 9.97 Å². The van der Waals surface area contributed by atoms with Crippen molar-refractivity contribution in [3.63, 3.8) is 0 Å². The van der Waals surface area contributed by atoms with Gasteiger partial charge in [-0.25, -0.2) is 9.97 Å². The average Bonchev–Trinajstić information content (AvgIpc) is 2.64. The Morgan fingerprint density at radius 1 is 1.11 bits per heavy atom. The van der Waals surface area contributed by atoms with E-state index in [4.69, 9.17) is 11.6 Å². The number of hydrogen-bond acceptors (Lipinski definition) is 6. The molecule has 0 unspecified atom stereocenters. The first kappa shape index (κ1) is 18.6. The van der Waals surface area contributed by atoms with Crippen molar-refractivity contribution in [2.75, 3.05) is 10.6 Å². The minimum Gasteiger partial charge on any atom is -0.360 e. The Kier molecular flexibility index (Phi) is 5.52. The van der Waals surface area contributed by atoms with Gasteiger partial charge >= 0.3 is 5.69 Å². The van der Waals surface area contributed by atoms with Crippen LogP contribution in [0.15, 0.2) is 48.8 Å². The molecule has 2 N–H and O–H groups in total. The minimum atomic E-state index is -0.498. The van der Waals surface area contributed by atoms with Gasteiger partial charge in [-0.15, -0.1) is 0 Å². The first-order chi connectivity index (χ1) is 13.0. The van der Waals surface area contributed by atoms with Gasteiger partial charge in [0.1, 0.15) is 6.33 Å². The predicted molar refractivity (Wildman–Crippen MR) is 107 cm³/mol. The maximum atomic E-state index is 11.7. The Morgan fingerprint density at radius 2 is 1.85 bits per heavy atom. The van der Waals surface area contributed by atoms with Crippen molar-refractivity contribution in [2.45, 2.75) is 20.4 Å². The number of aryl methyl sites for hydroxylation is 2. The molecule has 0 saturated heterocycles. The van der Waals surface area contributed by atoms with Crippen LogP contribution in [0.25, 0.3) is 0 Å². The number of nitrogens with one attached hydrogen (secondary N) is 2. The molecule has 0 bridgehead atoms. The molecular formula is C19H18ClN5O2. The summed E-state index contributed by atoms with van der Waals surface area (Å²) in [5.41, 5.74) is 3.35. The average molecular weight is 384 g/mol. The van der Waals surface area contributed by atoms with E-state index < -0.39 is 4.92 Å². The fourth-order valence-electron chi connectivity index (χ4n) is 2.59. The minimum absolute atomic E-state index is 0.128. The van der Waals surface area contributed by atoms with Crippen LogP contribution in [-0.2, 0) is 6.54 Å². The molecule has 3 aromatic rings. The van der Waals surface area contributed by atoms with E-state index in [1.54, 1.807) is 6.07 Å². The normalized spacial score (nSPS) is 10.5. The molecule has 0 aliphatic rings. The second kappa shape index (κ2) is 8.01. The summed E-state index contributed by atoms with van der Waals surface area (Å²) in [5, 5.41) is 18.3. The Hall–Kier alpha value is -3.19. The monoisotopic (exact) mass is 383 g/mol. The van der Waals surface area contributed by atoms with Crippen molar-refractivity contribution in [3.8, 4) is 0 Å². The van der Waals surface area contributed by atoms with E-state index >= 15 is 0 Å². The van der Waals surface area contributed by atoms with E-state index in [9.17, 15) is 10.1 Å². The van der Waals surface area contributed by atoms with Crippen molar-refractivity contribution in [3.05, 3.63) is 80.6 Å². The zero-order valence-corrected chi connectivity index (χ0v) is 15.6. The number of hydrogen-bond donors (Lipinski definition) is 2. The highest BCUT2D eigenvalue weighted by Gasteiger charge is 2.23. The molecule has 0 fully saturated rings. The zero-order valence-electron chi connectivity index (χ0n) is 14.9. The Balaban J connectivity index is 1.92. The standard InChI is InChI=1S/C19H18ClN5O2/c1-12-7-8-13(2)16(9-12)24-19-17(25(26)27)18(22-11-23-19)21-10-14-5-3-4-6-15(14)20/h3-9,11H,10H2,1-2H3,(H2,21,22,23,24). The molecule has 0 aliphatic heterocycles. The molecule has 0 saturated carbocycles. The molecular weight excluding hydrogens is 366 g/mol. The van der Waals surface area contributed by atoms with Gasteiger partial charge in [-0.05, 0) is 42.7 Å². The van der Waals surface area contributed by atoms with Gasteiger partial charge in [-0.1, -0.05) is 41.9 Å². The van der Waals surface area contributed by atoms with Crippen LogP contribution in [0.1, 0.15) is 16.7 Å². The molecule has 0 spiro atoms. The van der Waals surface area contributed by atoms with E-state index in [0.29, 0.717) is 11.6 Å². The summed E-state index contributed by atoms with van der Waals surface area (Å²) in [5.74, 6) is 0.257. The lowest BCUT2D eigenvalue weighted by molar-refractivity contribution is -0.383. The highest BCUT2D eigenvalue weighted by molar-refractivity contribution is 6.31. The first-order valence-electron chi connectivity index (χ1n) is 8.26. The van der Waals surface area contributed by atoms with Crippen molar-refractivity contribution in [2.24, 2.45) is 0 Å².